The first-order valence-electron chi connectivity index (χ1n) is 9.39. The molecule has 27 heavy (non-hydrogen) atoms. The van der Waals surface area contributed by atoms with Gasteiger partial charge in [-0.25, -0.2) is 4.98 Å². The molecule has 3 heterocycles. The van der Waals surface area contributed by atoms with Crippen molar-refractivity contribution in [3.05, 3.63) is 70.5 Å². The molecule has 0 spiro atoms. The maximum absolute atomic E-state index is 13.1. The smallest absolute Gasteiger partial charge is 0.261 e. The van der Waals surface area contributed by atoms with Gasteiger partial charge >= 0.3 is 0 Å². The van der Waals surface area contributed by atoms with Crippen LogP contribution in [0.1, 0.15) is 30.3 Å². The van der Waals surface area contributed by atoms with Crippen molar-refractivity contribution in [1.29, 1.82) is 0 Å². The summed E-state index contributed by atoms with van der Waals surface area (Å²) in [6.45, 7) is 2.81. The van der Waals surface area contributed by atoms with Gasteiger partial charge in [0.25, 0.3) is 5.56 Å². The summed E-state index contributed by atoms with van der Waals surface area (Å²) in [5, 5.41) is 0.661. The van der Waals surface area contributed by atoms with Crippen LogP contribution in [0.5, 0.6) is 0 Å². The Labute approximate surface area is 158 Å². The van der Waals surface area contributed by atoms with E-state index < -0.39 is 0 Å². The van der Waals surface area contributed by atoms with Gasteiger partial charge in [0.1, 0.15) is 5.82 Å². The number of para-hydroxylation sites is 1. The molecule has 1 fully saturated rings. The number of hydrogen-bond acceptors (Lipinski definition) is 5. The van der Waals surface area contributed by atoms with E-state index in [9.17, 15) is 4.79 Å². The Morgan fingerprint density at radius 2 is 2.11 bits per heavy atom. The molecule has 1 aliphatic heterocycles. The van der Waals surface area contributed by atoms with Crippen LogP contribution in [-0.4, -0.2) is 39.7 Å². The molecule has 1 aliphatic rings. The average molecular weight is 364 g/mol. The summed E-state index contributed by atoms with van der Waals surface area (Å²) in [5.41, 5.74) is 1.95. The molecule has 6 heteroatoms. The molecule has 4 rings (SSSR count). The molecule has 140 valence electrons. The lowest BCUT2D eigenvalue weighted by Crippen LogP contribution is -2.33. The minimum absolute atomic E-state index is 0.0147. The fraction of sp³-hybridized carbons (Fsp3) is 0.381. The van der Waals surface area contributed by atoms with Gasteiger partial charge in [-0.05, 0) is 43.1 Å². The number of rotatable bonds is 6. The Kier molecular flexibility index (Phi) is 5.27. The maximum Gasteiger partial charge on any atom is 0.261 e. The van der Waals surface area contributed by atoms with Crippen molar-refractivity contribution in [3.63, 3.8) is 0 Å². The van der Waals surface area contributed by atoms with Gasteiger partial charge in [0.15, 0.2) is 0 Å². The Bertz CT molecular complexity index is 971. The second-order valence-corrected chi connectivity index (χ2v) is 6.93. The number of fused-ring (bicyclic) bond motifs is 1. The minimum atomic E-state index is 0.0147. The van der Waals surface area contributed by atoms with E-state index >= 15 is 0 Å². The molecule has 0 radical (unpaired) electrons. The fourth-order valence-corrected chi connectivity index (χ4v) is 3.87. The van der Waals surface area contributed by atoms with Crippen LogP contribution in [0.25, 0.3) is 10.9 Å². The van der Waals surface area contributed by atoms with Gasteiger partial charge in [-0.15, -0.1) is 0 Å². The minimum Gasteiger partial charge on any atom is -0.383 e. The summed E-state index contributed by atoms with van der Waals surface area (Å²) < 4.78 is 7.05. The van der Waals surface area contributed by atoms with Crippen LogP contribution in [0.15, 0.2) is 53.6 Å². The normalized spacial score (nSPS) is 17.6. The molecule has 0 saturated carbocycles. The number of nitrogens with zero attached hydrogens (tertiary/aromatic N) is 4. The van der Waals surface area contributed by atoms with Crippen molar-refractivity contribution in [2.75, 3.05) is 20.3 Å². The second kappa shape index (κ2) is 7.98. The van der Waals surface area contributed by atoms with E-state index in [0.717, 1.165) is 37.3 Å². The van der Waals surface area contributed by atoms with Crippen molar-refractivity contribution in [3.8, 4) is 0 Å². The summed E-state index contributed by atoms with van der Waals surface area (Å²) in [6, 6.07) is 11.8. The number of hydrogen-bond donors (Lipinski definition) is 0. The molecule has 3 aromatic rings. The first-order valence-corrected chi connectivity index (χ1v) is 9.39. The first kappa shape index (κ1) is 17.8. The summed E-state index contributed by atoms with van der Waals surface area (Å²) >= 11 is 0. The van der Waals surface area contributed by atoms with Crippen molar-refractivity contribution >= 4 is 10.9 Å². The highest BCUT2D eigenvalue weighted by atomic mass is 16.5. The molecule has 1 saturated heterocycles. The molecule has 1 aromatic carbocycles. The predicted molar refractivity (Wildman–Crippen MR) is 105 cm³/mol. The number of aromatic nitrogens is 3. The molecule has 6 nitrogen and oxygen atoms in total. The van der Waals surface area contributed by atoms with E-state index in [4.69, 9.17) is 9.72 Å². The average Bonchev–Trinajstić information content (AvgIpc) is 3.16. The molecule has 0 aliphatic carbocycles. The molecular weight excluding hydrogens is 340 g/mol. The quantitative estimate of drug-likeness (QED) is 0.673. The standard InChI is InChI=1S/C21H24N4O2/c1-27-13-12-25-20(23-18-8-3-2-7-17(18)21(25)26)19-9-5-11-24(19)15-16-6-4-10-22-14-16/h2-4,6-8,10,14,19H,5,9,11-13,15H2,1H3. The third-order valence-corrected chi connectivity index (χ3v) is 5.18. The van der Waals surface area contributed by atoms with E-state index in [1.807, 2.05) is 36.5 Å². The monoisotopic (exact) mass is 364 g/mol. The van der Waals surface area contributed by atoms with Crippen LogP contribution in [-0.2, 0) is 17.8 Å². The van der Waals surface area contributed by atoms with Gasteiger partial charge in [0.05, 0.1) is 30.1 Å². The number of methoxy groups -OCH3 is 1. The van der Waals surface area contributed by atoms with Crippen molar-refractivity contribution < 1.29 is 4.74 Å². The third kappa shape index (κ3) is 3.63. The SMILES string of the molecule is COCCn1c(C2CCCN2Cc2cccnc2)nc2ccccc2c1=O. The van der Waals surface area contributed by atoms with Gasteiger partial charge in [-0.1, -0.05) is 18.2 Å². The second-order valence-electron chi connectivity index (χ2n) is 6.93. The first-order chi connectivity index (χ1) is 13.3. The van der Waals surface area contributed by atoms with Gasteiger partial charge in [0.2, 0.25) is 0 Å². The lowest BCUT2D eigenvalue weighted by atomic mass is 10.1. The van der Waals surface area contributed by atoms with Crippen LogP contribution in [0.3, 0.4) is 0 Å². The zero-order chi connectivity index (χ0) is 18.6. The molecule has 0 amide bonds. The predicted octanol–water partition coefficient (Wildman–Crippen LogP) is 2.78. The Balaban J connectivity index is 1.75. The van der Waals surface area contributed by atoms with E-state index in [-0.39, 0.29) is 11.6 Å². The van der Waals surface area contributed by atoms with E-state index in [1.54, 1.807) is 17.9 Å². The van der Waals surface area contributed by atoms with Crippen molar-refractivity contribution in [1.82, 2.24) is 19.4 Å². The number of benzene rings is 1. The lowest BCUT2D eigenvalue weighted by Gasteiger charge is -2.26. The highest BCUT2D eigenvalue weighted by Crippen LogP contribution is 2.32. The van der Waals surface area contributed by atoms with E-state index in [2.05, 4.69) is 16.0 Å². The van der Waals surface area contributed by atoms with Gasteiger partial charge in [-0.3, -0.25) is 19.2 Å². The van der Waals surface area contributed by atoms with E-state index in [1.165, 1.54) is 5.56 Å². The van der Waals surface area contributed by atoms with Crippen LogP contribution in [0.2, 0.25) is 0 Å². The summed E-state index contributed by atoms with van der Waals surface area (Å²) in [4.78, 5) is 24.7. The Hall–Kier alpha value is -2.57. The maximum atomic E-state index is 13.1. The zero-order valence-corrected chi connectivity index (χ0v) is 15.5. The van der Waals surface area contributed by atoms with Crippen molar-refractivity contribution in [2.24, 2.45) is 0 Å². The number of pyridine rings is 1. The lowest BCUT2D eigenvalue weighted by molar-refractivity contribution is 0.178. The van der Waals surface area contributed by atoms with Crippen LogP contribution in [0.4, 0.5) is 0 Å². The molecule has 0 bridgehead atoms. The fourth-order valence-electron chi connectivity index (χ4n) is 3.87. The van der Waals surface area contributed by atoms with E-state index in [0.29, 0.717) is 18.5 Å². The van der Waals surface area contributed by atoms with Crippen molar-refractivity contribution in [2.45, 2.75) is 32.0 Å². The largest absolute Gasteiger partial charge is 0.383 e. The Morgan fingerprint density at radius 1 is 1.22 bits per heavy atom. The summed E-state index contributed by atoms with van der Waals surface area (Å²) in [6.07, 6.45) is 5.79. The topological polar surface area (TPSA) is 60.2 Å². The van der Waals surface area contributed by atoms with Crippen LogP contribution >= 0.6 is 0 Å². The zero-order valence-electron chi connectivity index (χ0n) is 15.5. The number of ether oxygens (including phenoxy) is 1. The highest BCUT2D eigenvalue weighted by molar-refractivity contribution is 5.77. The highest BCUT2D eigenvalue weighted by Gasteiger charge is 2.30. The third-order valence-electron chi connectivity index (χ3n) is 5.18. The van der Waals surface area contributed by atoms with Gasteiger partial charge in [-0.2, -0.15) is 0 Å². The number of likely N-dealkylation sites (tertiary alicyclic amines) is 1. The van der Waals surface area contributed by atoms with Gasteiger partial charge < -0.3 is 4.74 Å². The summed E-state index contributed by atoms with van der Waals surface area (Å²) in [5.74, 6) is 0.845. The van der Waals surface area contributed by atoms with Gasteiger partial charge in [0, 0.05) is 26.0 Å². The Morgan fingerprint density at radius 3 is 2.93 bits per heavy atom. The molecule has 0 N–H and O–H groups in total. The van der Waals surface area contributed by atoms with Crippen LogP contribution < -0.4 is 5.56 Å². The molecule has 1 atom stereocenters. The molecular formula is C21H24N4O2. The molecule has 1 unspecified atom stereocenters. The van der Waals surface area contributed by atoms with Crippen LogP contribution in [0, 0.1) is 0 Å². The summed E-state index contributed by atoms with van der Waals surface area (Å²) in [7, 11) is 1.66. The molecule has 2 aromatic heterocycles.